The van der Waals surface area contributed by atoms with Gasteiger partial charge in [0.05, 0.1) is 19.1 Å². The molecule has 0 rings (SSSR count). The number of hydrogen-bond donors (Lipinski definition) is 6. The lowest BCUT2D eigenvalue weighted by molar-refractivity contribution is -0.142. The number of nitrogens with one attached hydrogen (secondary N) is 3. The molecule has 0 aromatic carbocycles. The number of rotatable bonds is 13. The molecule has 10 heteroatoms. The van der Waals surface area contributed by atoms with E-state index in [-0.39, 0.29) is 25.4 Å². The molecular weight excluding hydrogens is 342 g/mol. The Balaban J connectivity index is 4.14. The Hall–Kier alpha value is -2.20. The van der Waals surface area contributed by atoms with Crippen molar-refractivity contribution in [3.05, 3.63) is 0 Å². The number of carbonyl (C=O) groups is 4. The first-order chi connectivity index (χ1) is 12.2. The summed E-state index contributed by atoms with van der Waals surface area (Å²) in [6.07, 6.45) is 1.99. The van der Waals surface area contributed by atoms with Crippen molar-refractivity contribution < 1.29 is 24.3 Å². The van der Waals surface area contributed by atoms with Gasteiger partial charge >= 0.3 is 5.97 Å². The van der Waals surface area contributed by atoms with Crippen LogP contribution < -0.4 is 27.4 Å². The van der Waals surface area contributed by atoms with Crippen LogP contribution in [0.3, 0.4) is 0 Å². The van der Waals surface area contributed by atoms with Gasteiger partial charge in [-0.05, 0) is 38.1 Å². The summed E-state index contributed by atoms with van der Waals surface area (Å²) in [6, 6.07) is -1.73. The standard InChI is InChI=1S/C16H31N5O5/c1-10(2)7-11(18)15(24)20-8-13(22)19-9-14(23)21-12(16(25)26)5-3-4-6-17/h10-12H,3-9,17-18H2,1-2H3,(H,19,22)(H,20,24)(H,21,23)(H,25,26)/t11-,12-/m0/s1. The van der Waals surface area contributed by atoms with Gasteiger partial charge in [-0.25, -0.2) is 4.79 Å². The van der Waals surface area contributed by atoms with E-state index in [0.717, 1.165) is 0 Å². The fraction of sp³-hybridized carbons (Fsp3) is 0.750. The molecule has 0 aliphatic carbocycles. The van der Waals surface area contributed by atoms with Crippen LogP contribution in [0.2, 0.25) is 0 Å². The zero-order valence-corrected chi connectivity index (χ0v) is 15.4. The van der Waals surface area contributed by atoms with Crippen molar-refractivity contribution in [3.8, 4) is 0 Å². The number of carboxylic acid groups (broad SMARTS) is 1. The van der Waals surface area contributed by atoms with Crippen LogP contribution in [0, 0.1) is 5.92 Å². The Bertz CT molecular complexity index is 484. The Morgan fingerprint density at radius 1 is 1.00 bits per heavy atom. The minimum atomic E-state index is -1.15. The number of hydrogen-bond acceptors (Lipinski definition) is 6. The number of amides is 3. The van der Waals surface area contributed by atoms with Gasteiger partial charge in [0, 0.05) is 0 Å². The fourth-order valence-corrected chi connectivity index (χ4v) is 2.15. The fourth-order valence-electron chi connectivity index (χ4n) is 2.15. The third-order valence-electron chi connectivity index (χ3n) is 3.51. The topological polar surface area (TPSA) is 177 Å². The van der Waals surface area contributed by atoms with Crippen LogP contribution in [0.15, 0.2) is 0 Å². The van der Waals surface area contributed by atoms with Gasteiger partial charge in [0.15, 0.2) is 0 Å². The monoisotopic (exact) mass is 373 g/mol. The molecule has 0 aliphatic heterocycles. The lowest BCUT2D eigenvalue weighted by atomic mass is 10.0. The van der Waals surface area contributed by atoms with E-state index in [4.69, 9.17) is 16.6 Å². The van der Waals surface area contributed by atoms with Crippen molar-refractivity contribution in [2.75, 3.05) is 19.6 Å². The quantitative estimate of drug-likeness (QED) is 0.208. The SMILES string of the molecule is CC(C)C[C@H](N)C(=O)NCC(=O)NCC(=O)N[C@@H](CCCCN)C(=O)O. The second-order valence-electron chi connectivity index (χ2n) is 6.47. The average Bonchev–Trinajstić information content (AvgIpc) is 2.56. The van der Waals surface area contributed by atoms with Crippen molar-refractivity contribution in [2.45, 2.75) is 51.6 Å². The summed E-state index contributed by atoms with van der Waals surface area (Å²) in [5.41, 5.74) is 11.0. The lowest BCUT2D eigenvalue weighted by Crippen LogP contribution is -2.48. The molecule has 26 heavy (non-hydrogen) atoms. The van der Waals surface area contributed by atoms with Crippen LogP contribution in [-0.4, -0.2) is 60.5 Å². The number of unbranched alkanes of at least 4 members (excludes halogenated alkanes) is 1. The van der Waals surface area contributed by atoms with E-state index in [1.807, 2.05) is 13.8 Å². The number of carboxylic acids is 1. The molecule has 0 bridgehead atoms. The summed E-state index contributed by atoms with van der Waals surface area (Å²) in [5.74, 6) is -2.53. The predicted molar refractivity (Wildman–Crippen MR) is 95.9 cm³/mol. The van der Waals surface area contributed by atoms with Crippen LogP contribution in [0.25, 0.3) is 0 Å². The molecule has 8 N–H and O–H groups in total. The number of nitrogens with two attached hydrogens (primary N) is 2. The highest BCUT2D eigenvalue weighted by Gasteiger charge is 2.20. The van der Waals surface area contributed by atoms with Gasteiger partial charge in [-0.15, -0.1) is 0 Å². The molecule has 0 unspecified atom stereocenters. The first-order valence-electron chi connectivity index (χ1n) is 8.69. The van der Waals surface area contributed by atoms with Crippen LogP contribution in [0.4, 0.5) is 0 Å². The Morgan fingerprint density at radius 3 is 2.15 bits per heavy atom. The minimum absolute atomic E-state index is 0.250. The maximum atomic E-state index is 11.7. The second kappa shape index (κ2) is 13.1. The minimum Gasteiger partial charge on any atom is -0.480 e. The molecule has 0 spiro atoms. The summed E-state index contributed by atoms with van der Waals surface area (Å²) in [6.45, 7) is 3.62. The Kier molecular flexibility index (Phi) is 12.0. The van der Waals surface area contributed by atoms with E-state index in [1.165, 1.54) is 0 Å². The van der Waals surface area contributed by atoms with E-state index >= 15 is 0 Å². The van der Waals surface area contributed by atoms with E-state index in [2.05, 4.69) is 16.0 Å². The molecule has 150 valence electrons. The van der Waals surface area contributed by atoms with E-state index in [0.29, 0.717) is 25.8 Å². The first-order valence-corrected chi connectivity index (χ1v) is 8.69. The molecule has 0 aliphatic rings. The third-order valence-corrected chi connectivity index (χ3v) is 3.51. The smallest absolute Gasteiger partial charge is 0.326 e. The molecule has 0 fully saturated rings. The molecule has 0 heterocycles. The summed E-state index contributed by atoms with van der Waals surface area (Å²) in [5, 5.41) is 16.1. The third kappa shape index (κ3) is 11.4. The van der Waals surface area contributed by atoms with E-state index in [9.17, 15) is 19.2 Å². The summed E-state index contributed by atoms with van der Waals surface area (Å²) >= 11 is 0. The van der Waals surface area contributed by atoms with Crippen LogP contribution in [0.1, 0.15) is 39.5 Å². The number of carbonyl (C=O) groups excluding carboxylic acids is 3. The van der Waals surface area contributed by atoms with E-state index in [1.54, 1.807) is 0 Å². The average molecular weight is 373 g/mol. The van der Waals surface area contributed by atoms with Gasteiger partial charge in [-0.2, -0.15) is 0 Å². The zero-order valence-electron chi connectivity index (χ0n) is 15.4. The molecule has 0 saturated heterocycles. The lowest BCUT2D eigenvalue weighted by Gasteiger charge is -2.15. The maximum absolute atomic E-state index is 11.7. The Labute approximate surface area is 153 Å². The molecule has 2 atom stereocenters. The molecular formula is C16H31N5O5. The van der Waals surface area contributed by atoms with Crippen molar-refractivity contribution in [2.24, 2.45) is 17.4 Å². The zero-order chi connectivity index (χ0) is 20.1. The van der Waals surface area contributed by atoms with Gasteiger partial charge in [-0.3, -0.25) is 14.4 Å². The van der Waals surface area contributed by atoms with Crippen LogP contribution in [0.5, 0.6) is 0 Å². The predicted octanol–water partition coefficient (Wildman–Crippen LogP) is -1.71. The van der Waals surface area contributed by atoms with Crippen molar-refractivity contribution in [1.82, 2.24) is 16.0 Å². The molecule has 0 saturated carbocycles. The molecule has 10 nitrogen and oxygen atoms in total. The van der Waals surface area contributed by atoms with Gasteiger partial charge in [0.25, 0.3) is 0 Å². The largest absolute Gasteiger partial charge is 0.480 e. The van der Waals surface area contributed by atoms with Gasteiger partial charge in [0.1, 0.15) is 6.04 Å². The van der Waals surface area contributed by atoms with Gasteiger partial charge in [0.2, 0.25) is 17.7 Å². The molecule has 3 amide bonds. The summed E-state index contributed by atoms with van der Waals surface area (Å²) < 4.78 is 0. The van der Waals surface area contributed by atoms with Crippen molar-refractivity contribution in [3.63, 3.8) is 0 Å². The second-order valence-corrected chi connectivity index (χ2v) is 6.47. The van der Waals surface area contributed by atoms with Gasteiger partial charge < -0.3 is 32.5 Å². The molecule has 0 radical (unpaired) electrons. The highest BCUT2D eigenvalue weighted by molar-refractivity contribution is 5.90. The van der Waals surface area contributed by atoms with E-state index < -0.39 is 35.8 Å². The van der Waals surface area contributed by atoms with Crippen LogP contribution in [-0.2, 0) is 19.2 Å². The summed E-state index contributed by atoms with van der Waals surface area (Å²) in [4.78, 5) is 46.2. The maximum Gasteiger partial charge on any atom is 0.326 e. The summed E-state index contributed by atoms with van der Waals surface area (Å²) in [7, 11) is 0. The molecule has 0 aromatic rings. The highest BCUT2D eigenvalue weighted by Crippen LogP contribution is 2.02. The van der Waals surface area contributed by atoms with Crippen LogP contribution >= 0.6 is 0 Å². The first kappa shape index (κ1) is 23.8. The Morgan fingerprint density at radius 2 is 1.62 bits per heavy atom. The normalized spacial score (nSPS) is 13.0. The van der Waals surface area contributed by atoms with Crippen molar-refractivity contribution in [1.29, 1.82) is 0 Å². The number of aliphatic carboxylic acids is 1. The molecule has 0 aromatic heterocycles. The highest BCUT2D eigenvalue weighted by atomic mass is 16.4. The van der Waals surface area contributed by atoms with Gasteiger partial charge in [-0.1, -0.05) is 13.8 Å². The van der Waals surface area contributed by atoms with Crippen molar-refractivity contribution >= 4 is 23.7 Å².